The van der Waals surface area contributed by atoms with Crippen LogP contribution in [0.2, 0.25) is 0 Å². The molecule has 0 bridgehead atoms. The van der Waals surface area contributed by atoms with E-state index in [2.05, 4.69) is 0 Å². The standard InChI is InChI=1S/C15H22N2O4S/c1-10(2)9-22(20,21)16-7-11(8-16)17-14(18)12-5-3-4-6-13(12)15(17)19/h3-4,10-13H,5-9H2,1-2H3. The number of carbonyl (C=O) groups is 2. The van der Waals surface area contributed by atoms with Crippen LogP contribution >= 0.6 is 0 Å². The highest BCUT2D eigenvalue weighted by atomic mass is 32.2. The summed E-state index contributed by atoms with van der Waals surface area (Å²) >= 11 is 0. The lowest BCUT2D eigenvalue weighted by Crippen LogP contribution is -2.62. The summed E-state index contributed by atoms with van der Waals surface area (Å²) in [5.74, 6) is -0.544. The molecule has 0 saturated carbocycles. The lowest BCUT2D eigenvalue weighted by atomic mass is 9.85. The number of amides is 2. The number of fused-ring (bicyclic) bond motifs is 1. The minimum atomic E-state index is -3.27. The minimum absolute atomic E-state index is 0.0630. The maximum atomic E-state index is 12.4. The van der Waals surface area contributed by atoms with Crippen LogP contribution in [0.3, 0.4) is 0 Å². The summed E-state index contributed by atoms with van der Waals surface area (Å²) in [5, 5.41) is 0. The minimum Gasteiger partial charge on any atom is -0.276 e. The average molecular weight is 326 g/mol. The Morgan fingerprint density at radius 1 is 1.09 bits per heavy atom. The van der Waals surface area contributed by atoms with Crippen LogP contribution in [0.1, 0.15) is 26.7 Å². The summed E-state index contributed by atoms with van der Waals surface area (Å²) in [4.78, 5) is 26.2. The van der Waals surface area contributed by atoms with Gasteiger partial charge in [0.1, 0.15) is 0 Å². The molecule has 0 aromatic heterocycles. The zero-order valence-corrected chi connectivity index (χ0v) is 13.8. The zero-order chi connectivity index (χ0) is 16.1. The Morgan fingerprint density at radius 3 is 2.05 bits per heavy atom. The molecule has 0 N–H and O–H groups in total. The van der Waals surface area contributed by atoms with Crippen LogP contribution in [-0.4, -0.2) is 54.3 Å². The van der Waals surface area contributed by atoms with Gasteiger partial charge in [0.2, 0.25) is 21.8 Å². The maximum absolute atomic E-state index is 12.4. The van der Waals surface area contributed by atoms with Crippen LogP contribution in [0.5, 0.6) is 0 Å². The Balaban J connectivity index is 1.66. The summed E-state index contributed by atoms with van der Waals surface area (Å²) in [6.45, 7) is 4.22. The van der Waals surface area contributed by atoms with E-state index in [4.69, 9.17) is 0 Å². The fraction of sp³-hybridized carbons (Fsp3) is 0.733. The SMILES string of the molecule is CC(C)CS(=O)(=O)N1CC(N2C(=O)C3CC=CCC3C2=O)C1. The zero-order valence-electron chi connectivity index (χ0n) is 12.9. The second-order valence-electron chi connectivity index (χ2n) is 6.85. The summed E-state index contributed by atoms with van der Waals surface area (Å²) in [7, 11) is -3.27. The Bertz CT molecular complexity index is 593. The van der Waals surface area contributed by atoms with Crippen molar-refractivity contribution in [1.82, 2.24) is 9.21 Å². The predicted octanol–water partition coefficient (Wildman–Crippen LogP) is 0.608. The quantitative estimate of drug-likeness (QED) is 0.560. The second-order valence-corrected chi connectivity index (χ2v) is 8.86. The van der Waals surface area contributed by atoms with E-state index in [0.717, 1.165) is 0 Å². The fourth-order valence-electron chi connectivity index (χ4n) is 3.52. The van der Waals surface area contributed by atoms with Crippen LogP contribution in [0.15, 0.2) is 12.2 Å². The molecule has 0 aromatic carbocycles. The van der Waals surface area contributed by atoms with Gasteiger partial charge in [-0.1, -0.05) is 26.0 Å². The van der Waals surface area contributed by atoms with Crippen LogP contribution < -0.4 is 0 Å². The first-order chi connectivity index (χ1) is 10.3. The van der Waals surface area contributed by atoms with Gasteiger partial charge in [0, 0.05) is 13.1 Å². The largest absolute Gasteiger partial charge is 0.276 e. The van der Waals surface area contributed by atoms with E-state index in [1.165, 1.54) is 9.21 Å². The lowest BCUT2D eigenvalue weighted by Gasteiger charge is -2.42. The second kappa shape index (κ2) is 5.45. The Morgan fingerprint density at radius 2 is 1.59 bits per heavy atom. The number of hydrogen-bond donors (Lipinski definition) is 0. The van der Waals surface area contributed by atoms with Crippen molar-refractivity contribution in [3.63, 3.8) is 0 Å². The number of likely N-dealkylation sites (tertiary alicyclic amines) is 1. The molecule has 22 heavy (non-hydrogen) atoms. The van der Waals surface area contributed by atoms with E-state index in [1.54, 1.807) is 0 Å². The maximum Gasteiger partial charge on any atom is 0.233 e. The van der Waals surface area contributed by atoms with Gasteiger partial charge in [-0.15, -0.1) is 0 Å². The molecule has 122 valence electrons. The molecule has 7 heteroatoms. The van der Waals surface area contributed by atoms with E-state index in [1.807, 2.05) is 26.0 Å². The smallest absolute Gasteiger partial charge is 0.233 e. The van der Waals surface area contributed by atoms with Crippen LogP contribution in [-0.2, 0) is 19.6 Å². The first kappa shape index (κ1) is 15.7. The van der Waals surface area contributed by atoms with E-state index < -0.39 is 10.0 Å². The molecule has 2 saturated heterocycles. The molecule has 6 nitrogen and oxygen atoms in total. The summed E-state index contributed by atoms with van der Waals surface area (Å²) in [6.07, 6.45) is 5.15. The predicted molar refractivity (Wildman–Crippen MR) is 81.2 cm³/mol. The number of sulfonamides is 1. The van der Waals surface area contributed by atoms with Gasteiger partial charge in [0.25, 0.3) is 0 Å². The van der Waals surface area contributed by atoms with Gasteiger partial charge >= 0.3 is 0 Å². The number of imide groups is 1. The van der Waals surface area contributed by atoms with E-state index >= 15 is 0 Å². The fourth-order valence-corrected chi connectivity index (χ4v) is 5.37. The molecule has 3 aliphatic rings. The lowest BCUT2D eigenvalue weighted by molar-refractivity contribution is -0.145. The third kappa shape index (κ3) is 2.50. The number of hydrogen-bond acceptors (Lipinski definition) is 4. The van der Waals surface area contributed by atoms with Crippen molar-refractivity contribution in [2.24, 2.45) is 17.8 Å². The van der Waals surface area contributed by atoms with Crippen LogP contribution in [0.4, 0.5) is 0 Å². The van der Waals surface area contributed by atoms with Gasteiger partial charge in [-0.3, -0.25) is 14.5 Å². The van der Waals surface area contributed by atoms with Crippen molar-refractivity contribution < 1.29 is 18.0 Å². The molecule has 2 heterocycles. The summed E-state index contributed by atoms with van der Waals surface area (Å²) in [6, 6.07) is -0.285. The molecule has 2 atom stereocenters. The highest BCUT2D eigenvalue weighted by Gasteiger charge is 2.53. The molecule has 2 amide bonds. The highest BCUT2D eigenvalue weighted by molar-refractivity contribution is 7.89. The molecule has 2 unspecified atom stereocenters. The van der Waals surface area contributed by atoms with Crippen molar-refractivity contribution >= 4 is 21.8 Å². The third-order valence-corrected chi connectivity index (χ3v) is 6.85. The monoisotopic (exact) mass is 326 g/mol. The first-order valence-corrected chi connectivity index (χ1v) is 9.42. The van der Waals surface area contributed by atoms with Crippen molar-refractivity contribution in [2.75, 3.05) is 18.8 Å². The van der Waals surface area contributed by atoms with Crippen molar-refractivity contribution in [3.05, 3.63) is 12.2 Å². The van der Waals surface area contributed by atoms with E-state index in [-0.39, 0.29) is 54.5 Å². The van der Waals surface area contributed by atoms with Gasteiger partial charge < -0.3 is 0 Å². The normalized spacial score (nSPS) is 30.0. The van der Waals surface area contributed by atoms with Crippen LogP contribution in [0, 0.1) is 17.8 Å². The molecule has 2 fully saturated rings. The van der Waals surface area contributed by atoms with Gasteiger partial charge in [0.05, 0.1) is 23.6 Å². The van der Waals surface area contributed by atoms with Crippen molar-refractivity contribution in [1.29, 1.82) is 0 Å². The number of rotatable bonds is 4. The van der Waals surface area contributed by atoms with Crippen molar-refractivity contribution in [3.8, 4) is 0 Å². The summed E-state index contributed by atoms with van der Waals surface area (Å²) < 4.78 is 25.6. The van der Waals surface area contributed by atoms with Gasteiger partial charge in [-0.25, -0.2) is 8.42 Å². The molecular weight excluding hydrogens is 304 g/mol. The van der Waals surface area contributed by atoms with Gasteiger partial charge in [0.15, 0.2) is 0 Å². The van der Waals surface area contributed by atoms with Gasteiger partial charge in [-0.05, 0) is 18.8 Å². The molecule has 0 aromatic rings. The Kier molecular flexibility index (Phi) is 3.89. The van der Waals surface area contributed by atoms with Gasteiger partial charge in [-0.2, -0.15) is 4.31 Å². The number of nitrogens with zero attached hydrogens (tertiary/aromatic N) is 2. The van der Waals surface area contributed by atoms with E-state index in [9.17, 15) is 18.0 Å². The van der Waals surface area contributed by atoms with E-state index in [0.29, 0.717) is 12.8 Å². The Hall–Kier alpha value is -1.21. The molecule has 3 rings (SSSR count). The van der Waals surface area contributed by atoms with Crippen LogP contribution in [0.25, 0.3) is 0 Å². The third-order valence-electron chi connectivity index (χ3n) is 4.67. The number of carbonyl (C=O) groups excluding carboxylic acids is 2. The molecule has 1 aliphatic carbocycles. The van der Waals surface area contributed by atoms with Crippen molar-refractivity contribution in [2.45, 2.75) is 32.7 Å². The Labute approximate surface area is 131 Å². The summed E-state index contributed by atoms with van der Waals surface area (Å²) in [5.41, 5.74) is 0. The molecule has 2 aliphatic heterocycles. The molecule has 0 spiro atoms. The highest BCUT2D eigenvalue weighted by Crippen LogP contribution is 2.37. The molecular formula is C15H22N2O4S. The molecule has 0 radical (unpaired) electrons. The average Bonchev–Trinajstić information content (AvgIpc) is 2.61. The number of allylic oxidation sites excluding steroid dienone is 2. The first-order valence-electron chi connectivity index (χ1n) is 7.81. The topological polar surface area (TPSA) is 74.8 Å².